The van der Waals surface area contributed by atoms with Crippen LogP contribution in [0, 0.1) is 11.3 Å². The molecule has 1 N–H and O–H groups in total. The number of hydrogen-bond donors (Lipinski definition) is 1. The Bertz CT molecular complexity index is 2190. The number of nitriles is 1. The van der Waals surface area contributed by atoms with E-state index in [1.807, 2.05) is 108 Å². The number of nitrogens with zero attached hydrogens (tertiary/aromatic N) is 4. The van der Waals surface area contributed by atoms with E-state index < -0.39 is 30.0 Å². The number of nitrogens with one attached hydrogen (secondary N) is 1. The van der Waals surface area contributed by atoms with Crippen molar-refractivity contribution in [3.8, 4) is 22.9 Å². The van der Waals surface area contributed by atoms with Gasteiger partial charge in [0.15, 0.2) is 0 Å². The number of aldehydes is 1. The molecule has 280 valence electrons. The first-order valence-electron chi connectivity index (χ1n) is 17.8. The average molecular weight is 769 g/mol. The summed E-state index contributed by atoms with van der Waals surface area (Å²) in [6.45, 7) is 14.9. The van der Waals surface area contributed by atoms with Crippen molar-refractivity contribution in [3.63, 3.8) is 0 Å². The number of carbonyl (C=O) groups excluding carboxylic acids is 1. The van der Waals surface area contributed by atoms with E-state index in [-0.39, 0.29) is 13.2 Å². The molecule has 3 heterocycles. The second-order valence-electron chi connectivity index (χ2n) is 15.4. The van der Waals surface area contributed by atoms with Gasteiger partial charge in [0.25, 0.3) is 0 Å². The smallest absolute Gasteiger partial charge is 0.489 e. The molecule has 1 atom stereocenters. The molecule has 0 aliphatic carbocycles. The van der Waals surface area contributed by atoms with Crippen molar-refractivity contribution in [2.45, 2.75) is 91.0 Å². The van der Waals surface area contributed by atoms with Crippen molar-refractivity contribution in [2.75, 3.05) is 6.61 Å². The zero-order chi connectivity index (χ0) is 38.8. The largest absolute Gasteiger partial charge is 0.496 e. The minimum Gasteiger partial charge on any atom is -0.489 e. The molecule has 0 spiro atoms. The maximum Gasteiger partial charge on any atom is 0.496 e. The predicted molar refractivity (Wildman–Crippen MR) is 212 cm³/mol. The first-order chi connectivity index (χ1) is 25.6. The maximum atomic E-state index is 11.9. The van der Waals surface area contributed by atoms with Crippen molar-refractivity contribution < 1.29 is 23.6 Å². The molecule has 2 aromatic heterocycles. The van der Waals surface area contributed by atoms with Gasteiger partial charge in [0.2, 0.25) is 0 Å². The van der Waals surface area contributed by atoms with Crippen molar-refractivity contribution in [2.24, 2.45) is 0 Å². The number of fused-ring (bicyclic) bond motifs is 1. The molecule has 1 aliphatic rings. The zero-order valence-electron chi connectivity index (χ0n) is 31.6. The van der Waals surface area contributed by atoms with Gasteiger partial charge in [0.05, 0.1) is 53.3 Å². The summed E-state index contributed by atoms with van der Waals surface area (Å²) in [5.74, 6) is 0.564. The van der Waals surface area contributed by atoms with E-state index in [0.717, 1.165) is 50.5 Å². The third-order valence-electron chi connectivity index (χ3n) is 9.80. The Morgan fingerprint density at radius 3 is 2.43 bits per heavy atom. The molecule has 1 unspecified atom stereocenters. The Morgan fingerprint density at radius 2 is 1.72 bits per heavy atom. The normalized spacial score (nSPS) is 15.7. The highest BCUT2D eigenvalue weighted by molar-refractivity contribution is 6.66. The molecule has 1 fully saturated rings. The van der Waals surface area contributed by atoms with E-state index in [0.29, 0.717) is 34.4 Å². The number of ether oxygens (including phenoxy) is 2. The maximum absolute atomic E-state index is 11.9. The van der Waals surface area contributed by atoms with Crippen molar-refractivity contribution >= 4 is 53.0 Å². The Labute approximate surface area is 326 Å². The number of pyridine rings is 1. The standard InChI is InChI=1S/C41H44BCl2N5O5/c1-39(2,3)52-25-30(23-50)47-20-28-15-35(43)29(16-37(28)51-24-27-14-26(17-45)18-46-19-27)22-49-36-13-9-10-31(33(36)21-48-49)32-11-8-12-34(38(32)44)42-53-40(4,5)41(6,7)54-42/h8-16,18-19,21,23,30,47H,20,22,24-25H2,1-7H3. The second kappa shape index (κ2) is 15.8. The van der Waals surface area contributed by atoms with Crippen LogP contribution in [0.2, 0.25) is 10.0 Å². The van der Waals surface area contributed by atoms with Crippen LogP contribution >= 0.6 is 23.2 Å². The average Bonchev–Trinajstić information content (AvgIpc) is 3.63. The van der Waals surface area contributed by atoms with Crippen LogP contribution in [0.25, 0.3) is 22.0 Å². The molecular formula is C41H44BCl2N5O5. The lowest BCUT2D eigenvalue weighted by atomic mass is 9.77. The van der Waals surface area contributed by atoms with Gasteiger partial charge in [-0.25, -0.2) is 0 Å². The quantitative estimate of drug-likeness (QED) is 0.0951. The Hall–Kier alpha value is -4.28. The summed E-state index contributed by atoms with van der Waals surface area (Å²) in [5, 5.41) is 19.4. The predicted octanol–water partition coefficient (Wildman–Crippen LogP) is 7.68. The molecule has 13 heteroatoms. The van der Waals surface area contributed by atoms with Gasteiger partial charge in [-0.2, -0.15) is 10.4 Å². The van der Waals surface area contributed by atoms with Crippen LogP contribution < -0.4 is 15.5 Å². The number of halogens is 2. The van der Waals surface area contributed by atoms with Gasteiger partial charge in [0.1, 0.15) is 24.7 Å². The molecule has 1 saturated heterocycles. The summed E-state index contributed by atoms with van der Waals surface area (Å²) in [4.78, 5) is 16.1. The highest BCUT2D eigenvalue weighted by Gasteiger charge is 2.52. The Balaban J connectivity index is 1.30. The molecule has 5 aromatic rings. The fourth-order valence-corrected chi connectivity index (χ4v) is 6.64. The molecule has 54 heavy (non-hydrogen) atoms. The molecule has 3 aromatic carbocycles. The summed E-state index contributed by atoms with van der Waals surface area (Å²) in [6.07, 6.45) is 5.83. The molecular weight excluding hydrogens is 724 g/mol. The minimum atomic E-state index is -0.603. The molecule has 0 saturated carbocycles. The van der Waals surface area contributed by atoms with Crippen LogP contribution in [-0.2, 0) is 38.5 Å². The van der Waals surface area contributed by atoms with Gasteiger partial charge < -0.3 is 28.9 Å². The summed E-state index contributed by atoms with van der Waals surface area (Å²) in [7, 11) is -0.603. The van der Waals surface area contributed by atoms with E-state index in [4.69, 9.17) is 47.1 Å². The van der Waals surface area contributed by atoms with E-state index in [2.05, 4.69) is 16.4 Å². The topological polar surface area (TPSA) is 121 Å². The first-order valence-corrected chi connectivity index (χ1v) is 18.5. The van der Waals surface area contributed by atoms with E-state index >= 15 is 0 Å². The van der Waals surface area contributed by atoms with Crippen LogP contribution in [0.3, 0.4) is 0 Å². The zero-order valence-corrected chi connectivity index (χ0v) is 33.1. The Morgan fingerprint density at radius 1 is 1.00 bits per heavy atom. The van der Waals surface area contributed by atoms with Crippen LogP contribution in [-0.4, -0.2) is 57.6 Å². The van der Waals surface area contributed by atoms with E-state index in [1.54, 1.807) is 12.3 Å². The van der Waals surface area contributed by atoms with Crippen LogP contribution in [0.4, 0.5) is 0 Å². The number of aromatic nitrogens is 3. The molecule has 10 nitrogen and oxygen atoms in total. The van der Waals surface area contributed by atoms with E-state index in [9.17, 15) is 10.1 Å². The van der Waals surface area contributed by atoms with Gasteiger partial charge in [-0.05, 0) is 83.9 Å². The number of hydrogen-bond acceptors (Lipinski definition) is 9. The summed E-state index contributed by atoms with van der Waals surface area (Å²) in [6, 6.07) is 19.0. The van der Waals surface area contributed by atoms with Crippen LogP contribution in [0.1, 0.15) is 70.7 Å². The first kappa shape index (κ1) is 39.4. The number of rotatable bonds is 13. The number of carbonyl (C=O) groups is 1. The monoisotopic (exact) mass is 767 g/mol. The molecule has 1 aliphatic heterocycles. The van der Waals surface area contributed by atoms with Crippen molar-refractivity contribution in [1.82, 2.24) is 20.1 Å². The second-order valence-corrected chi connectivity index (χ2v) is 16.2. The third kappa shape index (κ3) is 8.65. The van der Waals surface area contributed by atoms with Gasteiger partial charge in [-0.15, -0.1) is 0 Å². The third-order valence-corrected chi connectivity index (χ3v) is 10.6. The van der Waals surface area contributed by atoms with Gasteiger partial charge in [0, 0.05) is 56.5 Å². The van der Waals surface area contributed by atoms with Crippen LogP contribution in [0.15, 0.2) is 73.2 Å². The molecule has 6 rings (SSSR count). The van der Waals surface area contributed by atoms with E-state index in [1.165, 1.54) is 6.20 Å². The molecule has 0 radical (unpaired) electrons. The van der Waals surface area contributed by atoms with Gasteiger partial charge in [-0.1, -0.05) is 53.5 Å². The summed E-state index contributed by atoms with van der Waals surface area (Å²) < 4.78 is 26.7. The lowest BCUT2D eigenvalue weighted by molar-refractivity contribution is -0.112. The van der Waals surface area contributed by atoms with Crippen LogP contribution in [0.5, 0.6) is 5.75 Å². The summed E-state index contributed by atoms with van der Waals surface area (Å²) in [5.41, 5.74) is 4.73. The highest BCUT2D eigenvalue weighted by Crippen LogP contribution is 2.39. The van der Waals surface area contributed by atoms with Gasteiger partial charge >= 0.3 is 7.12 Å². The molecule has 0 amide bonds. The van der Waals surface area contributed by atoms with Gasteiger partial charge in [-0.3, -0.25) is 9.67 Å². The lowest BCUT2D eigenvalue weighted by Gasteiger charge is -2.32. The lowest BCUT2D eigenvalue weighted by Crippen LogP contribution is -2.41. The molecule has 0 bridgehead atoms. The SMILES string of the molecule is CC(C)(C)OCC(C=O)NCc1cc(Cl)c(Cn2ncc3c(-c4cccc(B5OC(C)(C)C(C)(C)O5)c4Cl)cccc32)cc1OCc1cncc(C#N)c1. The fourth-order valence-electron chi connectivity index (χ4n) is 6.08. The highest BCUT2D eigenvalue weighted by atomic mass is 35.5. The fraction of sp³-hybridized carbons (Fsp3) is 0.366. The van der Waals surface area contributed by atoms with Crippen molar-refractivity contribution in [3.05, 3.63) is 105 Å². The number of benzene rings is 3. The summed E-state index contributed by atoms with van der Waals surface area (Å²) >= 11 is 14.1. The van der Waals surface area contributed by atoms with Crippen molar-refractivity contribution in [1.29, 1.82) is 5.26 Å². The minimum absolute atomic E-state index is 0.167. The Kier molecular flexibility index (Phi) is 11.6.